The van der Waals surface area contributed by atoms with Crippen LogP contribution >= 0.6 is 35.4 Å². The highest BCUT2D eigenvalue weighted by Crippen LogP contribution is 2.22. The van der Waals surface area contributed by atoms with E-state index in [4.69, 9.17) is 35.4 Å². The number of halogens is 2. The van der Waals surface area contributed by atoms with Gasteiger partial charge in [0, 0.05) is 41.9 Å². The number of hydrogen-bond donors (Lipinski definition) is 1. The lowest BCUT2D eigenvalue weighted by Gasteiger charge is -2.34. The number of rotatable bonds is 1. The van der Waals surface area contributed by atoms with Crippen LogP contribution in [0.15, 0.2) is 18.2 Å². The van der Waals surface area contributed by atoms with Gasteiger partial charge >= 0.3 is 0 Å². The first-order valence-electron chi connectivity index (χ1n) is 5.75. The van der Waals surface area contributed by atoms with Crippen LogP contribution < -0.4 is 5.32 Å². The SMILES string of the molecule is CN1CCN(C(=S)Nc2cc(Cl)cc(Cl)c2)CC1. The second kappa shape index (κ2) is 6.06. The van der Waals surface area contributed by atoms with E-state index in [1.807, 2.05) is 12.1 Å². The summed E-state index contributed by atoms with van der Waals surface area (Å²) < 4.78 is 0. The summed E-state index contributed by atoms with van der Waals surface area (Å²) in [7, 11) is 2.12. The van der Waals surface area contributed by atoms with Crippen LogP contribution in [-0.2, 0) is 0 Å². The third-order valence-electron chi connectivity index (χ3n) is 2.90. The van der Waals surface area contributed by atoms with Gasteiger partial charge in [0.15, 0.2) is 5.11 Å². The van der Waals surface area contributed by atoms with Crippen molar-refractivity contribution in [2.75, 3.05) is 38.5 Å². The fourth-order valence-electron chi connectivity index (χ4n) is 1.84. The van der Waals surface area contributed by atoms with Gasteiger partial charge in [0.2, 0.25) is 0 Å². The zero-order valence-corrected chi connectivity index (χ0v) is 12.4. The molecule has 0 atom stereocenters. The molecular formula is C12H15Cl2N3S. The molecule has 0 unspecified atom stereocenters. The lowest BCUT2D eigenvalue weighted by atomic mass is 10.3. The van der Waals surface area contributed by atoms with Crippen LogP contribution in [0, 0.1) is 0 Å². The first-order valence-corrected chi connectivity index (χ1v) is 6.91. The van der Waals surface area contributed by atoms with Gasteiger partial charge < -0.3 is 15.1 Å². The Balaban J connectivity index is 1.98. The fourth-order valence-corrected chi connectivity index (χ4v) is 2.66. The smallest absolute Gasteiger partial charge is 0.173 e. The second-order valence-corrected chi connectivity index (χ2v) is 5.64. The molecule has 0 aromatic heterocycles. The molecule has 1 fully saturated rings. The molecule has 3 nitrogen and oxygen atoms in total. The lowest BCUT2D eigenvalue weighted by Crippen LogP contribution is -2.48. The standard InChI is InChI=1S/C12H15Cl2N3S/c1-16-2-4-17(5-3-16)12(18)15-11-7-9(13)6-10(14)8-11/h6-8H,2-5H2,1H3,(H,15,18). The van der Waals surface area contributed by atoms with E-state index in [1.54, 1.807) is 6.07 Å². The maximum Gasteiger partial charge on any atom is 0.173 e. The molecule has 1 N–H and O–H groups in total. The van der Waals surface area contributed by atoms with E-state index in [9.17, 15) is 0 Å². The highest BCUT2D eigenvalue weighted by atomic mass is 35.5. The molecule has 1 heterocycles. The van der Waals surface area contributed by atoms with Gasteiger partial charge in [-0.3, -0.25) is 0 Å². The van der Waals surface area contributed by atoms with Crippen LogP contribution in [0.2, 0.25) is 10.0 Å². The van der Waals surface area contributed by atoms with Gasteiger partial charge in [0.05, 0.1) is 0 Å². The Hall–Kier alpha value is -0.550. The van der Waals surface area contributed by atoms with Gasteiger partial charge in [0.25, 0.3) is 0 Å². The summed E-state index contributed by atoms with van der Waals surface area (Å²) in [6.45, 7) is 3.93. The van der Waals surface area contributed by atoms with Gasteiger partial charge in [0.1, 0.15) is 0 Å². The Morgan fingerprint density at radius 2 is 1.67 bits per heavy atom. The van der Waals surface area contributed by atoms with Gasteiger partial charge in [-0.15, -0.1) is 0 Å². The molecule has 98 valence electrons. The Morgan fingerprint density at radius 1 is 1.11 bits per heavy atom. The molecule has 2 rings (SSSR count). The summed E-state index contributed by atoms with van der Waals surface area (Å²) in [6.07, 6.45) is 0. The van der Waals surface area contributed by atoms with Crippen molar-refractivity contribution in [1.82, 2.24) is 9.80 Å². The van der Waals surface area contributed by atoms with Crippen molar-refractivity contribution in [3.63, 3.8) is 0 Å². The highest BCUT2D eigenvalue weighted by Gasteiger charge is 2.16. The monoisotopic (exact) mass is 303 g/mol. The Labute approximate surface area is 123 Å². The van der Waals surface area contributed by atoms with Crippen molar-refractivity contribution in [2.24, 2.45) is 0 Å². The minimum atomic E-state index is 0.603. The van der Waals surface area contributed by atoms with Crippen molar-refractivity contribution in [1.29, 1.82) is 0 Å². The molecule has 6 heteroatoms. The number of benzene rings is 1. The molecule has 1 saturated heterocycles. The number of thiocarbonyl (C=S) groups is 1. The Bertz CT molecular complexity index is 425. The normalized spacial score (nSPS) is 16.7. The van der Waals surface area contributed by atoms with Crippen molar-refractivity contribution >= 4 is 46.2 Å². The minimum Gasteiger partial charge on any atom is -0.346 e. The van der Waals surface area contributed by atoms with E-state index in [0.29, 0.717) is 10.0 Å². The van der Waals surface area contributed by atoms with Gasteiger partial charge in [-0.05, 0) is 37.5 Å². The van der Waals surface area contributed by atoms with E-state index >= 15 is 0 Å². The minimum absolute atomic E-state index is 0.603. The molecule has 0 aliphatic carbocycles. The van der Waals surface area contributed by atoms with E-state index in [-0.39, 0.29) is 0 Å². The van der Waals surface area contributed by atoms with E-state index in [0.717, 1.165) is 37.0 Å². The zero-order valence-electron chi connectivity index (χ0n) is 10.1. The summed E-state index contributed by atoms with van der Waals surface area (Å²) in [5.41, 5.74) is 0.830. The van der Waals surface area contributed by atoms with Crippen molar-refractivity contribution in [2.45, 2.75) is 0 Å². The number of likely N-dealkylation sites (N-methyl/N-ethyl adjacent to an activating group) is 1. The summed E-state index contributed by atoms with van der Waals surface area (Å²) in [4.78, 5) is 4.44. The highest BCUT2D eigenvalue weighted by molar-refractivity contribution is 7.80. The number of hydrogen-bond acceptors (Lipinski definition) is 2. The van der Waals surface area contributed by atoms with Gasteiger partial charge in [-0.2, -0.15) is 0 Å². The predicted octanol–water partition coefficient (Wildman–Crippen LogP) is 2.94. The largest absolute Gasteiger partial charge is 0.346 e. The van der Waals surface area contributed by atoms with Gasteiger partial charge in [-0.25, -0.2) is 0 Å². The zero-order chi connectivity index (χ0) is 13.1. The Morgan fingerprint density at radius 3 is 2.22 bits per heavy atom. The average molecular weight is 304 g/mol. The lowest BCUT2D eigenvalue weighted by molar-refractivity contribution is 0.217. The summed E-state index contributed by atoms with van der Waals surface area (Å²) in [5.74, 6) is 0. The van der Waals surface area contributed by atoms with E-state index in [1.165, 1.54) is 0 Å². The van der Waals surface area contributed by atoms with Crippen molar-refractivity contribution < 1.29 is 0 Å². The number of nitrogens with one attached hydrogen (secondary N) is 1. The summed E-state index contributed by atoms with van der Waals surface area (Å²) >= 11 is 17.3. The number of nitrogens with zero attached hydrogens (tertiary/aromatic N) is 2. The summed E-state index contributed by atoms with van der Waals surface area (Å²) in [5, 5.41) is 5.11. The van der Waals surface area contributed by atoms with Gasteiger partial charge in [-0.1, -0.05) is 23.2 Å². The molecule has 1 aliphatic heterocycles. The molecule has 1 aliphatic rings. The molecule has 18 heavy (non-hydrogen) atoms. The van der Waals surface area contributed by atoms with Crippen LogP contribution in [0.5, 0.6) is 0 Å². The van der Waals surface area contributed by atoms with Crippen LogP contribution in [-0.4, -0.2) is 48.1 Å². The van der Waals surface area contributed by atoms with Crippen LogP contribution in [0.25, 0.3) is 0 Å². The molecule has 1 aromatic rings. The first-order chi connectivity index (χ1) is 8.54. The topological polar surface area (TPSA) is 18.5 Å². The molecule has 0 amide bonds. The molecule has 1 aromatic carbocycles. The van der Waals surface area contributed by atoms with E-state index < -0.39 is 0 Å². The second-order valence-electron chi connectivity index (χ2n) is 4.38. The maximum atomic E-state index is 5.95. The maximum absolute atomic E-state index is 5.95. The Kier molecular flexibility index (Phi) is 4.67. The first kappa shape index (κ1) is 13.9. The summed E-state index contributed by atoms with van der Waals surface area (Å²) in [6, 6.07) is 5.33. The van der Waals surface area contributed by atoms with Crippen molar-refractivity contribution in [3.8, 4) is 0 Å². The molecule has 0 saturated carbocycles. The quantitative estimate of drug-likeness (QED) is 0.804. The third-order valence-corrected chi connectivity index (χ3v) is 3.70. The average Bonchev–Trinajstić information content (AvgIpc) is 2.28. The molecule has 0 radical (unpaired) electrons. The third kappa shape index (κ3) is 3.72. The molecule has 0 spiro atoms. The predicted molar refractivity (Wildman–Crippen MR) is 81.8 cm³/mol. The van der Waals surface area contributed by atoms with Crippen LogP contribution in [0.1, 0.15) is 0 Å². The van der Waals surface area contributed by atoms with Crippen LogP contribution in [0.4, 0.5) is 5.69 Å². The molecular weight excluding hydrogens is 289 g/mol. The fraction of sp³-hybridized carbons (Fsp3) is 0.417. The van der Waals surface area contributed by atoms with E-state index in [2.05, 4.69) is 22.2 Å². The van der Waals surface area contributed by atoms with Crippen molar-refractivity contribution in [3.05, 3.63) is 28.2 Å². The number of anilines is 1. The molecule has 0 bridgehead atoms. The number of piperazine rings is 1. The van der Waals surface area contributed by atoms with Crippen LogP contribution in [0.3, 0.4) is 0 Å².